The Morgan fingerprint density at radius 2 is 2.22 bits per heavy atom. The van der Waals surface area contributed by atoms with E-state index in [1.807, 2.05) is 0 Å². The second-order valence-corrected chi connectivity index (χ2v) is 3.02. The van der Waals surface area contributed by atoms with Gasteiger partial charge in [0.1, 0.15) is 0 Å². The molecule has 0 aliphatic rings. The number of rotatable bonds is 4. The van der Waals surface area contributed by atoms with Gasteiger partial charge in [-0.2, -0.15) is 0 Å². The van der Waals surface area contributed by atoms with Crippen molar-refractivity contribution in [2.75, 3.05) is 6.61 Å². The first-order valence-corrected chi connectivity index (χ1v) is 4.24. The van der Waals surface area contributed by atoms with Crippen molar-refractivity contribution < 1.29 is 14.2 Å². The minimum Gasteiger partial charge on any atom is -0.349 e. The molecule has 2 atom stereocenters. The van der Waals surface area contributed by atoms with Gasteiger partial charge in [-0.25, -0.2) is 0 Å². The lowest BCUT2D eigenvalue weighted by atomic mass is 10.5. The predicted molar refractivity (Wildman–Crippen MR) is 35.5 cm³/mol. The van der Waals surface area contributed by atoms with E-state index >= 15 is 0 Å². The van der Waals surface area contributed by atoms with Crippen LogP contribution in [-0.4, -0.2) is 17.6 Å². The molecular formula is C5H12O3P+. The van der Waals surface area contributed by atoms with Crippen LogP contribution in [0.1, 0.15) is 20.3 Å². The van der Waals surface area contributed by atoms with E-state index in [0.29, 0.717) is 13.0 Å². The quantitative estimate of drug-likeness (QED) is 0.619. The van der Waals surface area contributed by atoms with Gasteiger partial charge >= 0.3 is 8.03 Å². The summed E-state index contributed by atoms with van der Waals surface area (Å²) in [7, 11) is -1.84. The van der Waals surface area contributed by atoms with Crippen LogP contribution in [0.5, 0.6) is 0 Å². The zero-order chi connectivity index (χ0) is 7.28. The fraction of sp³-hybridized carbons (Fsp3) is 1.00. The van der Waals surface area contributed by atoms with Crippen LogP contribution in [0.3, 0.4) is 0 Å². The molecule has 0 rings (SSSR count). The van der Waals surface area contributed by atoms with Crippen molar-refractivity contribution in [1.82, 2.24) is 0 Å². The van der Waals surface area contributed by atoms with Crippen LogP contribution in [0.2, 0.25) is 0 Å². The minimum absolute atomic E-state index is 0.395. The van der Waals surface area contributed by atoms with Gasteiger partial charge in [0.05, 0.1) is 6.61 Å². The van der Waals surface area contributed by atoms with Gasteiger partial charge in [0.15, 0.2) is 0 Å². The van der Waals surface area contributed by atoms with Crippen LogP contribution in [-0.2, 0) is 9.09 Å². The minimum atomic E-state index is -1.84. The molecule has 0 aromatic heterocycles. The molecule has 0 aromatic carbocycles. The van der Waals surface area contributed by atoms with Crippen LogP contribution in [0.4, 0.5) is 0 Å². The number of hydrogen-bond donors (Lipinski definition) is 1. The topological polar surface area (TPSA) is 46.5 Å². The van der Waals surface area contributed by atoms with Crippen molar-refractivity contribution in [3.8, 4) is 0 Å². The predicted octanol–water partition coefficient (Wildman–Crippen LogP) is 1.49. The molecule has 2 unspecified atom stereocenters. The molecule has 0 fully saturated rings. The smallest absolute Gasteiger partial charge is 0.349 e. The summed E-state index contributed by atoms with van der Waals surface area (Å²) in [6.45, 7) is 3.90. The first-order valence-electron chi connectivity index (χ1n) is 2.99. The summed E-state index contributed by atoms with van der Waals surface area (Å²) in [5.41, 5.74) is 0. The Hall–Kier alpha value is 0.0200. The molecule has 0 saturated carbocycles. The maximum absolute atomic E-state index is 10.6. The van der Waals surface area contributed by atoms with E-state index in [4.69, 9.17) is 5.11 Å². The number of hydrogen-bond acceptors (Lipinski definition) is 3. The zero-order valence-electron chi connectivity index (χ0n) is 5.70. The second kappa shape index (κ2) is 4.86. The van der Waals surface area contributed by atoms with Gasteiger partial charge in [0.25, 0.3) is 5.85 Å². The summed E-state index contributed by atoms with van der Waals surface area (Å²) in [6, 6.07) is 0. The van der Waals surface area contributed by atoms with Crippen molar-refractivity contribution in [1.29, 1.82) is 0 Å². The second-order valence-electron chi connectivity index (χ2n) is 1.59. The third-order valence-electron chi connectivity index (χ3n) is 0.865. The Balaban J connectivity index is 3.46. The lowest BCUT2D eigenvalue weighted by Crippen LogP contribution is -1.98. The van der Waals surface area contributed by atoms with Crippen molar-refractivity contribution in [2.45, 2.75) is 26.1 Å². The monoisotopic (exact) mass is 151 g/mol. The lowest BCUT2D eigenvalue weighted by Gasteiger charge is -1.90. The molecule has 0 saturated heterocycles. The third-order valence-corrected chi connectivity index (χ3v) is 2.23. The van der Waals surface area contributed by atoms with Crippen molar-refractivity contribution in [2.24, 2.45) is 0 Å². The molecule has 0 spiro atoms. The Morgan fingerprint density at radius 1 is 1.67 bits per heavy atom. The lowest BCUT2D eigenvalue weighted by molar-refractivity contribution is 0.217. The maximum atomic E-state index is 10.6. The molecule has 4 heteroatoms. The molecule has 0 bridgehead atoms. The molecule has 0 aliphatic carbocycles. The van der Waals surface area contributed by atoms with Gasteiger partial charge < -0.3 is 5.11 Å². The fourth-order valence-electron chi connectivity index (χ4n) is 0.362. The van der Waals surface area contributed by atoms with E-state index in [9.17, 15) is 4.57 Å². The number of aliphatic hydroxyl groups excluding tert-OH is 1. The first kappa shape index (κ1) is 9.02. The van der Waals surface area contributed by atoms with Crippen molar-refractivity contribution in [3.63, 3.8) is 0 Å². The number of aliphatic hydroxyl groups is 1. The van der Waals surface area contributed by atoms with E-state index < -0.39 is 13.9 Å². The average molecular weight is 151 g/mol. The summed E-state index contributed by atoms with van der Waals surface area (Å²) >= 11 is 0. The summed E-state index contributed by atoms with van der Waals surface area (Å²) in [6.07, 6.45) is 0.481. The molecular weight excluding hydrogens is 139 g/mol. The molecule has 54 valence electrons. The van der Waals surface area contributed by atoms with Crippen molar-refractivity contribution >= 4 is 8.03 Å². The van der Waals surface area contributed by atoms with Crippen LogP contribution in [0, 0.1) is 0 Å². The highest BCUT2D eigenvalue weighted by molar-refractivity contribution is 7.39. The highest BCUT2D eigenvalue weighted by Gasteiger charge is 2.27. The Kier molecular flexibility index (Phi) is 4.87. The average Bonchev–Trinajstić information content (AvgIpc) is 1.87. The molecule has 0 heterocycles. The Morgan fingerprint density at radius 3 is 2.56 bits per heavy atom. The summed E-state index contributed by atoms with van der Waals surface area (Å²) < 4.78 is 15.3. The molecule has 1 N–H and O–H groups in total. The van der Waals surface area contributed by atoms with Crippen LogP contribution in [0.15, 0.2) is 0 Å². The van der Waals surface area contributed by atoms with Crippen LogP contribution in [0.25, 0.3) is 0 Å². The van der Waals surface area contributed by atoms with Gasteiger partial charge in [-0.1, -0.05) is 6.92 Å². The molecule has 0 aromatic rings. The van der Waals surface area contributed by atoms with E-state index in [-0.39, 0.29) is 0 Å². The molecule has 0 amide bonds. The molecule has 9 heavy (non-hydrogen) atoms. The fourth-order valence-corrected chi connectivity index (χ4v) is 1.09. The van der Waals surface area contributed by atoms with E-state index in [1.54, 1.807) is 13.8 Å². The molecule has 3 nitrogen and oxygen atoms in total. The van der Waals surface area contributed by atoms with Crippen LogP contribution < -0.4 is 0 Å². The van der Waals surface area contributed by atoms with Gasteiger partial charge in [-0.15, -0.1) is 4.52 Å². The van der Waals surface area contributed by atoms with Gasteiger partial charge in [0.2, 0.25) is 0 Å². The normalized spacial score (nSPS) is 15.2. The SMILES string of the molecule is CCO[P+](=O)C(O)CC. The Bertz CT molecular complexity index is 94.2. The van der Waals surface area contributed by atoms with Gasteiger partial charge in [-0.3, -0.25) is 0 Å². The van der Waals surface area contributed by atoms with E-state index in [0.717, 1.165) is 0 Å². The highest BCUT2D eigenvalue weighted by atomic mass is 31.1. The largest absolute Gasteiger partial charge is 0.540 e. The van der Waals surface area contributed by atoms with Gasteiger partial charge in [-0.05, 0) is 11.5 Å². The van der Waals surface area contributed by atoms with Crippen LogP contribution >= 0.6 is 8.03 Å². The maximum Gasteiger partial charge on any atom is 0.540 e. The third kappa shape index (κ3) is 3.57. The zero-order valence-corrected chi connectivity index (χ0v) is 6.60. The van der Waals surface area contributed by atoms with E-state index in [1.165, 1.54) is 0 Å². The standard InChI is InChI=1S/C5H12O3P/c1-3-5(6)9(7)8-4-2/h5-6H,3-4H2,1-2H3/q+1. The summed E-state index contributed by atoms with van der Waals surface area (Å²) in [4.78, 5) is 0. The summed E-state index contributed by atoms with van der Waals surface area (Å²) in [5, 5.41) is 8.85. The Labute approximate surface area is 55.9 Å². The van der Waals surface area contributed by atoms with Gasteiger partial charge in [0, 0.05) is 6.42 Å². The highest BCUT2D eigenvalue weighted by Crippen LogP contribution is 2.28. The first-order chi connectivity index (χ1) is 4.22. The molecule has 0 radical (unpaired) electrons. The van der Waals surface area contributed by atoms with E-state index in [2.05, 4.69) is 4.52 Å². The summed E-state index contributed by atoms with van der Waals surface area (Å²) in [5.74, 6) is -0.792. The van der Waals surface area contributed by atoms with Crippen molar-refractivity contribution in [3.05, 3.63) is 0 Å². The molecule has 0 aliphatic heterocycles.